The minimum absolute atomic E-state index is 0.00118. The number of pyridine rings is 1. The summed E-state index contributed by atoms with van der Waals surface area (Å²) in [5, 5.41) is 6.19. The van der Waals surface area contributed by atoms with Gasteiger partial charge in [-0.3, -0.25) is 4.79 Å². The van der Waals surface area contributed by atoms with Crippen LogP contribution in [-0.2, 0) is 0 Å². The van der Waals surface area contributed by atoms with Crippen LogP contribution in [-0.4, -0.2) is 24.0 Å². The van der Waals surface area contributed by atoms with Gasteiger partial charge < -0.3 is 10.6 Å². The molecule has 1 saturated carbocycles. The molecule has 0 aliphatic heterocycles. The minimum atomic E-state index is 0.00118. The lowest BCUT2D eigenvalue weighted by molar-refractivity contribution is 0.0850. The van der Waals surface area contributed by atoms with E-state index in [4.69, 9.17) is 0 Å². The molecule has 1 heterocycles. The third-order valence-electron chi connectivity index (χ3n) is 4.17. The van der Waals surface area contributed by atoms with E-state index in [1.54, 1.807) is 18.3 Å². The molecule has 1 aromatic rings. The standard InChI is InChI=1S/C15H23N3O/c1-3-15(7-5-8-15)11-18-14(19)12-6-9-17-13(10-12)16-4-2/h6,9-10H,3-5,7-8,11H2,1-2H3,(H,16,17)(H,18,19). The lowest BCUT2D eigenvalue weighted by atomic mass is 9.67. The molecule has 104 valence electrons. The first-order valence-electron chi connectivity index (χ1n) is 7.17. The Morgan fingerprint density at radius 1 is 1.42 bits per heavy atom. The Hall–Kier alpha value is -1.58. The lowest BCUT2D eigenvalue weighted by Gasteiger charge is -2.41. The van der Waals surface area contributed by atoms with Crippen molar-refractivity contribution < 1.29 is 4.79 Å². The van der Waals surface area contributed by atoms with Gasteiger partial charge in [0.15, 0.2) is 0 Å². The number of carbonyl (C=O) groups is 1. The molecular weight excluding hydrogens is 238 g/mol. The summed E-state index contributed by atoms with van der Waals surface area (Å²) in [5.41, 5.74) is 1.03. The number of nitrogens with zero attached hydrogens (tertiary/aromatic N) is 1. The molecule has 0 spiro atoms. The Labute approximate surface area is 115 Å². The van der Waals surface area contributed by atoms with Crippen LogP contribution in [0, 0.1) is 5.41 Å². The first kappa shape index (κ1) is 13.8. The molecule has 1 fully saturated rings. The lowest BCUT2D eigenvalue weighted by Crippen LogP contribution is -2.41. The van der Waals surface area contributed by atoms with Gasteiger partial charge in [-0.25, -0.2) is 4.98 Å². The van der Waals surface area contributed by atoms with Gasteiger partial charge in [-0.05, 0) is 43.7 Å². The number of hydrogen-bond donors (Lipinski definition) is 2. The Kier molecular flexibility index (Phi) is 4.40. The van der Waals surface area contributed by atoms with Gasteiger partial charge >= 0.3 is 0 Å². The highest BCUT2D eigenvalue weighted by atomic mass is 16.1. The van der Waals surface area contributed by atoms with Crippen LogP contribution in [0.3, 0.4) is 0 Å². The fraction of sp³-hybridized carbons (Fsp3) is 0.600. The average molecular weight is 261 g/mol. The van der Waals surface area contributed by atoms with Crippen LogP contribution < -0.4 is 10.6 Å². The van der Waals surface area contributed by atoms with Crippen molar-refractivity contribution in [1.29, 1.82) is 0 Å². The van der Waals surface area contributed by atoms with E-state index >= 15 is 0 Å². The number of hydrogen-bond acceptors (Lipinski definition) is 3. The molecule has 1 amide bonds. The highest BCUT2D eigenvalue weighted by Crippen LogP contribution is 2.43. The number of aromatic nitrogens is 1. The van der Waals surface area contributed by atoms with Crippen LogP contribution in [0.5, 0.6) is 0 Å². The molecule has 2 N–H and O–H groups in total. The van der Waals surface area contributed by atoms with Crippen molar-refractivity contribution in [2.24, 2.45) is 5.41 Å². The number of amides is 1. The predicted molar refractivity (Wildman–Crippen MR) is 77.3 cm³/mol. The molecule has 0 bridgehead atoms. The van der Waals surface area contributed by atoms with Gasteiger partial charge in [-0.1, -0.05) is 13.3 Å². The fourth-order valence-corrected chi connectivity index (χ4v) is 2.55. The van der Waals surface area contributed by atoms with Gasteiger partial charge in [0, 0.05) is 24.8 Å². The monoisotopic (exact) mass is 261 g/mol. The van der Waals surface area contributed by atoms with Crippen molar-refractivity contribution in [3.63, 3.8) is 0 Å². The van der Waals surface area contributed by atoms with E-state index in [9.17, 15) is 4.79 Å². The minimum Gasteiger partial charge on any atom is -0.370 e. The maximum absolute atomic E-state index is 12.1. The van der Waals surface area contributed by atoms with Crippen LogP contribution in [0.15, 0.2) is 18.3 Å². The molecule has 4 nitrogen and oxygen atoms in total. The van der Waals surface area contributed by atoms with E-state index in [-0.39, 0.29) is 5.91 Å². The van der Waals surface area contributed by atoms with Crippen molar-refractivity contribution in [3.05, 3.63) is 23.9 Å². The first-order chi connectivity index (χ1) is 9.19. The number of rotatable bonds is 6. The molecule has 4 heteroatoms. The summed E-state index contributed by atoms with van der Waals surface area (Å²) >= 11 is 0. The van der Waals surface area contributed by atoms with E-state index in [1.165, 1.54) is 19.3 Å². The Balaban J connectivity index is 1.94. The van der Waals surface area contributed by atoms with Gasteiger partial charge in [0.1, 0.15) is 5.82 Å². The van der Waals surface area contributed by atoms with Gasteiger partial charge in [-0.2, -0.15) is 0 Å². The fourth-order valence-electron chi connectivity index (χ4n) is 2.55. The number of nitrogens with one attached hydrogen (secondary N) is 2. The largest absolute Gasteiger partial charge is 0.370 e. The van der Waals surface area contributed by atoms with Gasteiger partial charge in [0.25, 0.3) is 5.91 Å². The molecule has 0 aromatic carbocycles. The third-order valence-corrected chi connectivity index (χ3v) is 4.17. The van der Waals surface area contributed by atoms with Crippen LogP contribution in [0.25, 0.3) is 0 Å². The van der Waals surface area contributed by atoms with Crippen molar-refractivity contribution in [1.82, 2.24) is 10.3 Å². The van der Waals surface area contributed by atoms with E-state index in [0.29, 0.717) is 11.0 Å². The van der Waals surface area contributed by atoms with Crippen molar-refractivity contribution in [2.75, 3.05) is 18.4 Å². The molecular formula is C15H23N3O. The van der Waals surface area contributed by atoms with E-state index in [2.05, 4.69) is 22.5 Å². The van der Waals surface area contributed by atoms with Crippen molar-refractivity contribution in [3.8, 4) is 0 Å². The van der Waals surface area contributed by atoms with Crippen LogP contribution in [0.4, 0.5) is 5.82 Å². The zero-order valence-electron chi connectivity index (χ0n) is 11.8. The Morgan fingerprint density at radius 3 is 2.79 bits per heavy atom. The molecule has 0 atom stereocenters. The topological polar surface area (TPSA) is 54.0 Å². The number of carbonyl (C=O) groups excluding carboxylic acids is 1. The third kappa shape index (κ3) is 3.25. The predicted octanol–water partition coefficient (Wildman–Crippen LogP) is 2.82. The molecule has 0 radical (unpaired) electrons. The molecule has 19 heavy (non-hydrogen) atoms. The summed E-state index contributed by atoms with van der Waals surface area (Å²) < 4.78 is 0. The van der Waals surface area contributed by atoms with E-state index < -0.39 is 0 Å². The van der Waals surface area contributed by atoms with Gasteiger partial charge in [0.05, 0.1) is 0 Å². The SMILES string of the molecule is CCNc1cc(C(=O)NCC2(CC)CCC2)ccn1. The zero-order chi connectivity index (χ0) is 13.7. The maximum atomic E-state index is 12.1. The molecule has 0 saturated heterocycles. The first-order valence-corrected chi connectivity index (χ1v) is 7.17. The normalized spacial score (nSPS) is 16.5. The second-order valence-electron chi connectivity index (χ2n) is 5.35. The highest BCUT2D eigenvalue weighted by molar-refractivity contribution is 5.94. The summed E-state index contributed by atoms with van der Waals surface area (Å²) in [6, 6.07) is 3.56. The second-order valence-corrected chi connectivity index (χ2v) is 5.35. The van der Waals surface area contributed by atoms with Crippen molar-refractivity contribution in [2.45, 2.75) is 39.5 Å². The Bertz CT molecular complexity index is 435. The van der Waals surface area contributed by atoms with E-state index in [0.717, 1.165) is 25.3 Å². The summed E-state index contributed by atoms with van der Waals surface area (Å²) in [4.78, 5) is 16.3. The summed E-state index contributed by atoms with van der Waals surface area (Å²) in [5.74, 6) is 0.755. The van der Waals surface area contributed by atoms with Crippen LogP contribution in [0.1, 0.15) is 49.9 Å². The van der Waals surface area contributed by atoms with Crippen LogP contribution >= 0.6 is 0 Å². The molecule has 2 rings (SSSR count). The molecule has 0 unspecified atom stereocenters. The molecule has 1 aromatic heterocycles. The number of anilines is 1. The average Bonchev–Trinajstić information content (AvgIpc) is 2.38. The van der Waals surface area contributed by atoms with Gasteiger partial charge in [-0.15, -0.1) is 0 Å². The summed E-state index contributed by atoms with van der Waals surface area (Å²) in [6.07, 6.45) is 6.59. The highest BCUT2D eigenvalue weighted by Gasteiger charge is 2.35. The second kappa shape index (κ2) is 6.04. The van der Waals surface area contributed by atoms with E-state index in [1.807, 2.05) is 6.92 Å². The summed E-state index contributed by atoms with van der Waals surface area (Å²) in [7, 11) is 0. The summed E-state index contributed by atoms with van der Waals surface area (Å²) in [6.45, 7) is 5.81. The zero-order valence-corrected chi connectivity index (χ0v) is 11.8. The van der Waals surface area contributed by atoms with Gasteiger partial charge in [0.2, 0.25) is 0 Å². The maximum Gasteiger partial charge on any atom is 0.251 e. The smallest absolute Gasteiger partial charge is 0.251 e. The Morgan fingerprint density at radius 2 is 2.21 bits per heavy atom. The van der Waals surface area contributed by atoms with Crippen LogP contribution in [0.2, 0.25) is 0 Å². The quantitative estimate of drug-likeness (QED) is 0.828. The van der Waals surface area contributed by atoms with Crippen molar-refractivity contribution >= 4 is 11.7 Å². The molecule has 1 aliphatic rings. The molecule has 1 aliphatic carbocycles.